The highest BCUT2D eigenvalue weighted by molar-refractivity contribution is 5.76. The minimum atomic E-state index is -1.19. The van der Waals surface area contributed by atoms with Gasteiger partial charge >= 0.3 is 11.9 Å². The van der Waals surface area contributed by atoms with Crippen molar-refractivity contribution in [2.45, 2.75) is 18.9 Å². The quantitative estimate of drug-likeness (QED) is 0.728. The number of hydrogen-bond donors (Lipinski definition) is 3. The van der Waals surface area contributed by atoms with E-state index in [1.165, 1.54) is 0 Å². The van der Waals surface area contributed by atoms with Crippen LogP contribution in [-0.2, 0) is 16.0 Å². The summed E-state index contributed by atoms with van der Waals surface area (Å²) in [4.78, 5) is 22.2. The maximum Gasteiger partial charge on any atom is 0.320 e. The van der Waals surface area contributed by atoms with Crippen molar-refractivity contribution < 1.29 is 19.8 Å². The number of nitrogens with two attached hydrogens (primary N) is 1. The Morgan fingerprint density at radius 3 is 2.17 bits per heavy atom. The highest BCUT2D eigenvalue weighted by atomic mass is 16.4. The fourth-order valence-corrected chi connectivity index (χ4v) is 2.47. The van der Waals surface area contributed by atoms with Crippen molar-refractivity contribution in [2.75, 3.05) is 0 Å². The molecule has 0 amide bonds. The smallest absolute Gasteiger partial charge is 0.320 e. The van der Waals surface area contributed by atoms with Gasteiger partial charge in [-0.2, -0.15) is 0 Å². The lowest BCUT2D eigenvalue weighted by atomic mass is 9.91. The van der Waals surface area contributed by atoms with Crippen molar-refractivity contribution in [3.05, 3.63) is 60.2 Å². The Bertz CT molecular complexity index is 684. The van der Waals surface area contributed by atoms with Gasteiger partial charge in [0.2, 0.25) is 0 Å². The first-order valence-electron chi connectivity index (χ1n) is 7.33. The normalized spacial score (nSPS) is 13.3. The fourth-order valence-electron chi connectivity index (χ4n) is 2.47. The van der Waals surface area contributed by atoms with E-state index in [1.54, 1.807) is 0 Å². The summed E-state index contributed by atoms with van der Waals surface area (Å²) in [6, 6.07) is 16.2. The largest absolute Gasteiger partial charge is 0.481 e. The van der Waals surface area contributed by atoms with E-state index >= 15 is 0 Å². The van der Waals surface area contributed by atoms with E-state index in [1.807, 2.05) is 54.6 Å². The summed E-state index contributed by atoms with van der Waals surface area (Å²) in [7, 11) is 0. The summed E-state index contributed by atoms with van der Waals surface area (Å²) in [5.74, 6) is -3.05. The molecule has 23 heavy (non-hydrogen) atoms. The molecular weight excluding hydrogens is 294 g/mol. The summed E-state index contributed by atoms with van der Waals surface area (Å²) >= 11 is 0. The molecule has 2 aromatic rings. The van der Waals surface area contributed by atoms with Gasteiger partial charge in [0.05, 0.1) is 5.92 Å². The molecule has 2 atom stereocenters. The van der Waals surface area contributed by atoms with Gasteiger partial charge < -0.3 is 15.9 Å². The zero-order valence-electron chi connectivity index (χ0n) is 12.6. The van der Waals surface area contributed by atoms with Crippen LogP contribution in [0.15, 0.2) is 54.6 Å². The third-order valence-corrected chi connectivity index (χ3v) is 3.72. The fraction of sp³-hybridized carbons (Fsp3) is 0.222. The average molecular weight is 313 g/mol. The van der Waals surface area contributed by atoms with Gasteiger partial charge in [-0.25, -0.2) is 0 Å². The van der Waals surface area contributed by atoms with Gasteiger partial charge in [-0.1, -0.05) is 54.6 Å². The molecule has 5 nitrogen and oxygen atoms in total. The molecule has 0 aliphatic carbocycles. The lowest BCUT2D eigenvalue weighted by Gasteiger charge is -2.15. The highest BCUT2D eigenvalue weighted by Crippen LogP contribution is 2.22. The van der Waals surface area contributed by atoms with Crippen molar-refractivity contribution in [3.63, 3.8) is 0 Å². The molecule has 120 valence electrons. The SMILES string of the molecule is N[C@H](C[C@@H](Cc1cccc(-c2ccccc2)c1)C(=O)O)C(=O)O. The van der Waals surface area contributed by atoms with Gasteiger partial charge in [0.15, 0.2) is 0 Å². The van der Waals surface area contributed by atoms with Gasteiger partial charge in [0.25, 0.3) is 0 Å². The van der Waals surface area contributed by atoms with Gasteiger partial charge in [0, 0.05) is 0 Å². The Kier molecular flexibility index (Phi) is 5.49. The van der Waals surface area contributed by atoms with Crippen LogP contribution >= 0.6 is 0 Å². The second-order valence-corrected chi connectivity index (χ2v) is 5.49. The first kappa shape index (κ1) is 16.7. The molecule has 2 aromatic carbocycles. The van der Waals surface area contributed by atoms with E-state index in [9.17, 15) is 14.7 Å². The summed E-state index contributed by atoms with van der Waals surface area (Å²) in [5, 5.41) is 18.2. The molecule has 0 aliphatic heterocycles. The molecule has 0 fully saturated rings. The maximum absolute atomic E-state index is 11.4. The van der Waals surface area contributed by atoms with Crippen molar-refractivity contribution in [2.24, 2.45) is 11.7 Å². The summed E-state index contributed by atoms with van der Waals surface area (Å²) in [6.45, 7) is 0. The Morgan fingerprint density at radius 2 is 1.57 bits per heavy atom. The number of aliphatic carboxylic acids is 2. The molecular formula is C18H19NO4. The number of rotatable bonds is 7. The first-order valence-corrected chi connectivity index (χ1v) is 7.33. The van der Waals surface area contributed by atoms with Crippen LogP contribution in [0, 0.1) is 5.92 Å². The standard InChI is InChI=1S/C18H19NO4/c19-16(18(22)23)11-15(17(20)21)10-12-5-4-8-14(9-12)13-6-2-1-3-7-13/h1-9,15-16H,10-11,19H2,(H,20,21)(H,22,23)/t15-,16-/m1/s1. The first-order chi connectivity index (χ1) is 11.0. The topological polar surface area (TPSA) is 101 Å². The Hall–Kier alpha value is -2.66. The van der Waals surface area contributed by atoms with Crippen LogP contribution in [-0.4, -0.2) is 28.2 Å². The van der Waals surface area contributed by atoms with Crippen molar-refractivity contribution in [1.29, 1.82) is 0 Å². The van der Waals surface area contributed by atoms with Crippen LogP contribution < -0.4 is 5.73 Å². The van der Waals surface area contributed by atoms with Crippen LogP contribution in [0.2, 0.25) is 0 Å². The van der Waals surface area contributed by atoms with Crippen LogP contribution in [0.4, 0.5) is 0 Å². The number of hydrogen-bond acceptors (Lipinski definition) is 3. The number of benzene rings is 2. The van der Waals surface area contributed by atoms with E-state index in [2.05, 4.69) is 0 Å². The maximum atomic E-state index is 11.4. The lowest BCUT2D eigenvalue weighted by Crippen LogP contribution is -2.35. The van der Waals surface area contributed by atoms with Gasteiger partial charge in [-0.3, -0.25) is 9.59 Å². The van der Waals surface area contributed by atoms with Crippen molar-refractivity contribution in [3.8, 4) is 11.1 Å². The van der Waals surface area contributed by atoms with Crippen molar-refractivity contribution in [1.82, 2.24) is 0 Å². The summed E-state index contributed by atoms with van der Waals surface area (Å²) < 4.78 is 0. The third-order valence-electron chi connectivity index (χ3n) is 3.72. The monoisotopic (exact) mass is 313 g/mol. The molecule has 0 bridgehead atoms. The Labute approximate surface area is 134 Å². The molecule has 0 spiro atoms. The van der Waals surface area contributed by atoms with E-state index in [4.69, 9.17) is 10.8 Å². The predicted molar refractivity (Wildman–Crippen MR) is 86.9 cm³/mol. The van der Waals surface area contributed by atoms with Gasteiger partial charge in [0.1, 0.15) is 6.04 Å². The van der Waals surface area contributed by atoms with Crippen molar-refractivity contribution >= 4 is 11.9 Å². The molecule has 4 N–H and O–H groups in total. The van der Waals surface area contributed by atoms with Crippen LogP contribution in [0.3, 0.4) is 0 Å². The second kappa shape index (κ2) is 7.56. The van der Waals surface area contributed by atoms with E-state index in [0.717, 1.165) is 16.7 Å². The molecule has 0 saturated carbocycles. The molecule has 0 aromatic heterocycles. The number of carboxylic acid groups (broad SMARTS) is 2. The van der Waals surface area contributed by atoms with Crippen LogP contribution in [0.5, 0.6) is 0 Å². The van der Waals surface area contributed by atoms with E-state index < -0.39 is 23.9 Å². The molecule has 0 heterocycles. The molecule has 2 rings (SSSR count). The lowest BCUT2D eigenvalue weighted by molar-refractivity contribution is -0.143. The van der Waals surface area contributed by atoms with Crippen LogP contribution in [0.25, 0.3) is 11.1 Å². The Balaban J connectivity index is 2.17. The minimum Gasteiger partial charge on any atom is -0.481 e. The Morgan fingerprint density at radius 1 is 0.913 bits per heavy atom. The second-order valence-electron chi connectivity index (χ2n) is 5.49. The minimum absolute atomic E-state index is 0.0970. The highest BCUT2D eigenvalue weighted by Gasteiger charge is 2.24. The van der Waals surface area contributed by atoms with Gasteiger partial charge in [-0.05, 0) is 29.5 Å². The third kappa shape index (κ3) is 4.66. The molecule has 0 saturated heterocycles. The molecule has 0 unspecified atom stereocenters. The van der Waals surface area contributed by atoms with Gasteiger partial charge in [-0.15, -0.1) is 0 Å². The zero-order valence-corrected chi connectivity index (χ0v) is 12.6. The average Bonchev–Trinajstić information content (AvgIpc) is 2.55. The molecule has 5 heteroatoms. The zero-order chi connectivity index (χ0) is 16.8. The van der Waals surface area contributed by atoms with E-state index in [-0.39, 0.29) is 12.8 Å². The summed E-state index contributed by atoms with van der Waals surface area (Å²) in [6.07, 6.45) is 0.150. The molecule has 0 radical (unpaired) electrons. The molecule has 0 aliphatic rings. The number of carbonyl (C=O) groups is 2. The predicted octanol–water partition coefficient (Wildman–Crippen LogP) is 2.40. The summed E-state index contributed by atoms with van der Waals surface area (Å²) in [5.41, 5.74) is 8.35. The van der Waals surface area contributed by atoms with Crippen LogP contribution in [0.1, 0.15) is 12.0 Å². The number of carboxylic acids is 2. The van der Waals surface area contributed by atoms with E-state index in [0.29, 0.717) is 0 Å².